The number of halogens is 4. The average molecular weight is 665 g/mol. The number of aromatic amines is 1. The monoisotopic (exact) mass is 664 g/mol. The van der Waals surface area contributed by atoms with Gasteiger partial charge in [-0.25, -0.2) is 0 Å². The van der Waals surface area contributed by atoms with Crippen LogP contribution in [0.2, 0.25) is 0 Å². The van der Waals surface area contributed by atoms with Gasteiger partial charge in [0, 0.05) is 72.8 Å². The van der Waals surface area contributed by atoms with Crippen LogP contribution in [0, 0.1) is 10.1 Å². The van der Waals surface area contributed by atoms with E-state index in [4.69, 9.17) is 0 Å². The summed E-state index contributed by atoms with van der Waals surface area (Å²) in [4.78, 5) is 57.8. The number of fused-ring (bicyclic) bond motifs is 1. The number of carbonyl (C=O) groups excluding carboxylic acids is 2. The molecule has 3 heterocycles. The Balaban J connectivity index is 1.38. The van der Waals surface area contributed by atoms with Crippen molar-refractivity contribution in [3.63, 3.8) is 0 Å². The zero-order chi connectivity index (χ0) is 30.9. The Bertz CT molecular complexity index is 1620. The first-order valence-electron chi connectivity index (χ1n) is 13.6. The molecule has 1 atom stereocenters. The molecule has 0 spiro atoms. The molecular weight excluding hydrogens is 637 g/mol. The van der Waals surface area contributed by atoms with Gasteiger partial charge >= 0.3 is 6.18 Å². The molecule has 0 radical (unpaired) electrons. The van der Waals surface area contributed by atoms with Crippen molar-refractivity contribution in [3.8, 4) is 0 Å². The van der Waals surface area contributed by atoms with Crippen molar-refractivity contribution in [2.45, 2.75) is 25.1 Å². The van der Waals surface area contributed by atoms with E-state index in [9.17, 15) is 37.7 Å². The second kappa shape index (κ2) is 12.3. The lowest BCUT2D eigenvalue weighted by atomic mass is 10.0. The van der Waals surface area contributed by atoms with E-state index in [2.05, 4.69) is 26.2 Å². The zero-order valence-electron chi connectivity index (χ0n) is 22.8. The molecular formula is C28H28BrF3N6O5. The third kappa shape index (κ3) is 6.99. The number of amides is 2. The number of aromatic nitrogens is 1. The minimum Gasteiger partial charge on any atom is -0.374 e. The average Bonchev–Trinajstić information content (AvgIpc) is 2.96. The van der Waals surface area contributed by atoms with Gasteiger partial charge in [0.15, 0.2) is 0 Å². The molecule has 5 rings (SSSR count). The first-order valence-corrected chi connectivity index (χ1v) is 14.4. The number of hydrogen-bond acceptors (Lipinski definition) is 7. The number of hydrogen-bond donors (Lipinski definition) is 2. The Morgan fingerprint density at radius 3 is 2.42 bits per heavy atom. The van der Waals surface area contributed by atoms with E-state index in [1.807, 2.05) is 0 Å². The summed E-state index contributed by atoms with van der Waals surface area (Å²) < 4.78 is 38.8. The number of rotatable bonds is 6. The summed E-state index contributed by atoms with van der Waals surface area (Å²) in [6.45, 7) is -0.406. The summed E-state index contributed by atoms with van der Waals surface area (Å²) in [5.41, 5.74) is -0.00151. The van der Waals surface area contributed by atoms with Crippen LogP contribution in [0.3, 0.4) is 0 Å². The molecule has 3 aromatic rings. The summed E-state index contributed by atoms with van der Waals surface area (Å²) in [5, 5.41) is 15.8. The number of likely N-dealkylation sites (tertiary alicyclic amines) is 1. The highest BCUT2D eigenvalue weighted by atomic mass is 79.9. The van der Waals surface area contributed by atoms with E-state index in [0.29, 0.717) is 34.8 Å². The fourth-order valence-corrected chi connectivity index (χ4v) is 6.07. The summed E-state index contributed by atoms with van der Waals surface area (Å²) in [5.74, 6) is -0.899. The third-order valence-electron chi connectivity index (χ3n) is 7.61. The second-order valence-corrected chi connectivity index (χ2v) is 11.5. The lowest BCUT2D eigenvalue weighted by molar-refractivity contribution is -0.384. The Labute approximate surface area is 251 Å². The van der Waals surface area contributed by atoms with E-state index >= 15 is 0 Å². The van der Waals surface area contributed by atoms with Crippen molar-refractivity contribution in [2.24, 2.45) is 0 Å². The molecule has 0 saturated carbocycles. The molecule has 43 heavy (non-hydrogen) atoms. The molecule has 228 valence electrons. The molecule has 11 nitrogen and oxygen atoms in total. The van der Waals surface area contributed by atoms with E-state index in [1.54, 1.807) is 29.2 Å². The zero-order valence-corrected chi connectivity index (χ0v) is 24.4. The highest BCUT2D eigenvalue weighted by Gasteiger charge is 2.35. The fourth-order valence-electron chi connectivity index (χ4n) is 5.63. The first-order chi connectivity index (χ1) is 20.4. The standard InChI is InChI=1S/C28H28BrF3N6O5/c29-17-12-21(27(41)36-10-8-35(9-11-36)16-28(30,31)32)25(23(13-17)38(42)43)33-18-4-3-7-37(15-18)26(40)20-14-24(39)34-22-6-2-1-5-19(20)22/h1-2,5-6,12-14,18,33H,3-4,7-11,15-16H2,(H,34,39)/t18-/m1/s1. The highest BCUT2D eigenvalue weighted by Crippen LogP contribution is 2.35. The van der Waals surface area contributed by atoms with Crippen LogP contribution in [0.5, 0.6) is 0 Å². The van der Waals surface area contributed by atoms with Crippen LogP contribution in [-0.4, -0.2) is 94.5 Å². The van der Waals surface area contributed by atoms with Crippen molar-refractivity contribution in [1.29, 1.82) is 0 Å². The predicted molar refractivity (Wildman–Crippen MR) is 156 cm³/mol. The molecule has 2 saturated heterocycles. The molecule has 1 aromatic heterocycles. The maximum Gasteiger partial charge on any atom is 0.401 e. The van der Waals surface area contributed by atoms with Gasteiger partial charge in [-0.3, -0.25) is 29.4 Å². The van der Waals surface area contributed by atoms with Crippen molar-refractivity contribution >= 4 is 50.0 Å². The van der Waals surface area contributed by atoms with Crippen LogP contribution in [-0.2, 0) is 0 Å². The number of piperazine rings is 1. The van der Waals surface area contributed by atoms with E-state index in [0.717, 1.165) is 0 Å². The van der Waals surface area contributed by atoms with E-state index in [-0.39, 0.29) is 61.1 Å². The van der Waals surface area contributed by atoms with Crippen molar-refractivity contribution in [3.05, 3.63) is 78.5 Å². The quantitative estimate of drug-likeness (QED) is 0.298. The molecule has 2 aromatic carbocycles. The fraction of sp³-hybridized carbons (Fsp3) is 0.393. The van der Waals surface area contributed by atoms with Gasteiger partial charge in [0.2, 0.25) is 5.56 Å². The van der Waals surface area contributed by atoms with Gasteiger partial charge in [0.25, 0.3) is 17.5 Å². The Kier molecular flexibility index (Phi) is 8.74. The SMILES string of the molecule is O=C(c1cc(Br)cc([N+](=O)[O-])c1N[C@@H]1CCCN(C(=O)c2cc(=O)[nH]c3ccccc23)C1)N1CCN(CC(F)(F)F)CC1. The van der Waals surface area contributed by atoms with Crippen LogP contribution in [0.15, 0.2) is 51.7 Å². The lowest BCUT2D eigenvalue weighted by Crippen LogP contribution is -2.51. The minimum absolute atomic E-state index is 0.00869. The molecule has 0 unspecified atom stereocenters. The van der Waals surface area contributed by atoms with Gasteiger partial charge in [-0.05, 0) is 25.0 Å². The topological polar surface area (TPSA) is 132 Å². The van der Waals surface area contributed by atoms with Gasteiger partial charge < -0.3 is 20.1 Å². The third-order valence-corrected chi connectivity index (χ3v) is 8.07. The van der Waals surface area contributed by atoms with Gasteiger partial charge in [-0.1, -0.05) is 34.1 Å². The Morgan fingerprint density at radius 2 is 1.72 bits per heavy atom. The summed E-state index contributed by atoms with van der Waals surface area (Å²) in [6, 6.07) is 10.5. The first kappa shape index (κ1) is 30.5. The van der Waals surface area contributed by atoms with Crippen molar-refractivity contribution < 1.29 is 27.7 Å². The van der Waals surface area contributed by atoms with E-state index < -0.39 is 35.2 Å². The van der Waals surface area contributed by atoms with Crippen LogP contribution in [0.25, 0.3) is 10.9 Å². The van der Waals surface area contributed by atoms with Crippen LogP contribution in [0.4, 0.5) is 24.5 Å². The molecule has 15 heteroatoms. The summed E-state index contributed by atoms with van der Waals surface area (Å²) in [6.07, 6.45) is -3.23. The van der Waals surface area contributed by atoms with Crippen LogP contribution >= 0.6 is 15.9 Å². The minimum atomic E-state index is -4.35. The van der Waals surface area contributed by atoms with E-state index in [1.165, 1.54) is 28.0 Å². The van der Waals surface area contributed by atoms with Gasteiger partial charge in [0.1, 0.15) is 5.69 Å². The maximum atomic E-state index is 13.6. The number of nitro benzene ring substituents is 1. The number of H-pyrrole nitrogens is 1. The molecule has 2 N–H and O–H groups in total. The Hall–Kier alpha value is -3.98. The van der Waals surface area contributed by atoms with Crippen molar-refractivity contribution in [1.82, 2.24) is 19.7 Å². The maximum absolute atomic E-state index is 13.6. The molecule has 2 amide bonds. The summed E-state index contributed by atoms with van der Waals surface area (Å²) in [7, 11) is 0. The number of carbonyl (C=O) groups is 2. The normalized spacial score (nSPS) is 18.1. The molecule has 0 bridgehead atoms. The number of piperidine rings is 1. The van der Waals surface area contributed by atoms with Crippen molar-refractivity contribution in [2.75, 3.05) is 51.1 Å². The molecule has 2 fully saturated rings. The largest absolute Gasteiger partial charge is 0.401 e. The second-order valence-electron chi connectivity index (χ2n) is 10.6. The number of nitrogens with zero attached hydrogens (tertiary/aromatic N) is 4. The Morgan fingerprint density at radius 1 is 1.02 bits per heavy atom. The smallest absolute Gasteiger partial charge is 0.374 e. The number of anilines is 1. The molecule has 2 aliphatic heterocycles. The number of benzene rings is 2. The number of nitro groups is 1. The van der Waals surface area contributed by atoms with Crippen LogP contribution in [0.1, 0.15) is 33.6 Å². The van der Waals surface area contributed by atoms with Crippen LogP contribution < -0.4 is 10.9 Å². The lowest BCUT2D eigenvalue weighted by Gasteiger charge is -2.36. The summed E-state index contributed by atoms with van der Waals surface area (Å²) >= 11 is 3.24. The number of alkyl halides is 3. The van der Waals surface area contributed by atoms with Gasteiger partial charge in [-0.2, -0.15) is 13.2 Å². The number of para-hydroxylation sites is 1. The number of nitrogens with one attached hydrogen (secondary N) is 2. The highest BCUT2D eigenvalue weighted by molar-refractivity contribution is 9.10. The van der Waals surface area contributed by atoms with Gasteiger partial charge in [-0.15, -0.1) is 0 Å². The predicted octanol–water partition coefficient (Wildman–Crippen LogP) is 4.24. The van der Waals surface area contributed by atoms with Gasteiger partial charge in [0.05, 0.1) is 22.6 Å². The molecule has 0 aliphatic carbocycles. The number of pyridine rings is 1. The molecule has 2 aliphatic rings.